The zero-order valence-corrected chi connectivity index (χ0v) is 16.6. The Kier molecular flexibility index (Phi) is 5.17. The van der Waals surface area contributed by atoms with Gasteiger partial charge in [0.1, 0.15) is 12.5 Å². The molecule has 1 aliphatic heterocycles. The summed E-state index contributed by atoms with van der Waals surface area (Å²) in [6.45, 7) is 1.81. The van der Waals surface area contributed by atoms with Crippen LogP contribution in [0.1, 0.15) is 24.7 Å². The number of rotatable bonds is 5. The number of aromatic nitrogens is 4. The molecule has 9 heteroatoms. The second kappa shape index (κ2) is 8.27. The molecule has 158 valence electrons. The Morgan fingerprint density at radius 2 is 1.87 bits per heavy atom. The van der Waals surface area contributed by atoms with Gasteiger partial charge in [-0.05, 0) is 55.8 Å². The van der Waals surface area contributed by atoms with Gasteiger partial charge >= 0.3 is 5.76 Å². The Hall–Kier alpha value is -3.59. The van der Waals surface area contributed by atoms with Crippen molar-refractivity contribution in [3.8, 4) is 22.8 Å². The third-order valence-corrected chi connectivity index (χ3v) is 5.36. The first-order valence-electron chi connectivity index (χ1n) is 10.1. The van der Waals surface area contributed by atoms with Crippen molar-refractivity contribution in [3.63, 3.8) is 0 Å². The Morgan fingerprint density at radius 3 is 2.68 bits per heavy atom. The molecule has 4 aromatic rings. The van der Waals surface area contributed by atoms with Gasteiger partial charge in [-0.15, -0.1) is 5.10 Å². The predicted octanol–water partition coefficient (Wildman–Crippen LogP) is 3.53. The van der Waals surface area contributed by atoms with E-state index < -0.39 is 5.76 Å². The van der Waals surface area contributed by atoms with Crippen LogP contribution in [0, 0.1) is 5.82 Å². The third kappa shape index (κ3) is 4.17. The second-order valence-corrected chi connectivity index (χ2v) is 7.56. The van der Waals surface area contributed by atoms with E-state index in [0.717, 1.165) is 24.9 Å². The topological polar surface area (TPSA) is 90.2 Å². The molecule has 0 saturated carbocycles. The quantitative estimate of drug-likeness (QED) is 0.487. The summed E-state index contributed by atoms with van der Waals surface area (Å²) in [4.78, 5) is 18.9. The van der Waals surface area contributed by atoms with E-state index in [1.807, 2.05) is 30.3 Å². The molecular formula is C22H20FN5O3. The van der Waals surface area contributed by atoms with E-state index in [1.54, 1.807) is 12.1 Å². The first-order valence-corrected chi connectivity index (χ1v) is 10.1. The normalized spacial score (nSPS) is 17.1. The standard InChI is InChI=1S/C22H20FN5O3/c23-18-10-8-15(9-11-18)19-24-20(31-26-19)17-7-4-12-27(13-17)14-28-22(29)30-21(25-28)16-5-2-1-3-6-16/h1-3,5-6,8-11,17H,4,7,12-14H2. The predicted molar refractivity (Wildman–Crippen MR) is 109 cm³/mol. The van der Waals surface area contributed by atoms with E-state index in [4.69, 9.17) is 8.94 Å². The van der Waals surface area contributed by atoms with Gasteiger partial charge in [0.25, 0.3) is 0 Å². The molecular weight excluding hydrogens is 401 g/mol. The number of hydrogen-bond donors (Lipinski definition) is 0. The summed E-state index contributed by atoms with van der Waals surface area (Å²) >= 11 is 0. The minimum Gasteiger partial charge on any atom is -0.388 e. The van der Waals surface area contributed by atoms with Crippen LogP contribution >= 0.6 is 0 Å². The molecule has 1 aliphatic rings. The average molecular weight is 421 g/mol. The molecule has 3 heterocycles. The van der Waals surface area contributed by atoms with Crippen molar-refractivity contribution in [2.75, 3.05) is 13.1 Å². The molecule has 1 saturated heterocycles. The largest absolute Gasteiger partial charge is 0.438 e. The molecule has 0 N–H and O–H groups in total. The van der Waals surface area contributed by atoms with E-state index in [1.165, 1.54) is 16.8 Å². The molecule has 8 nitrogen and oxygen atoms in total. The minimum atomic E-state index is -0.489. The van der Waals surface area contributed by atoms with Crippen LogP contribution in [0.15, 0.2) is 68.3 Å². The van der Waals surface area contributed by atoms with Crippen molar-refractivity contribution in [2.24, 2.45) is 0 Å². The SMILES string of the molecule is O=c1oc(-c2ccccc2)nn1CN1CCCC(c2nc(-c3ccc(F)cc3)no2)C1. The van der Waals surface area contributed by atoms with Crippen LogP contribution in [-0.4, -0.2) is 37.9 Å². The van der Waals surface area contributed by atoms with Crippen LogP contribution in [0.2, 0.25) is 0 Å². The van der Waals surface area contributed by atoms with Crippen molar-refractivity contribution in [1.82, 2.24) is 24.8 Å². The molecule has 2 aromatic heterocycles. The van der Waals surface area contributed by atoms with E-state index in [9.17, 15) is 9.18 Å². The van der Waals surface area contributed by atoms with Crippen LogP contribution in [0.4, 0.5) is 4.39 Å². The fraction of sp³-hybridized carbons (Fsp3) is 0.273. The van der Waals surface area contributed by atoms with Crippen molar-refractivity contribution in [2.45, 2.75) is 25.4 Å². The highest BCUT2D eigenvalue weighted by molar-refractivity contribution is 5.54. The molecule has 1 atom stereocenters. The Balaban J connectivity index is 1.29. The molecule has 1 unspecified atom stereocenters. The van der Waals surface area contributed by atoms with E-state index >= 15 is 0 Å². The van der Waals surface area contributed by atoms with Crippen LogP contribution in [-0.2, 0) is 6.67 Å². The number of hydrogen-bond acceptors (Lipinski definition) is 7. The zero-order valence-electron chi connectivity index (χ0n) is 16.6. The highest BCUT2D eigenvalue weighted by Crippen LogP contribution is 2.28. The van der Waals surface area contributed by atoms with Crippen molar-refractivity contribution < 1.29 is 13.3 Å². The highest BCUT2D eigenvalue weighted by atomic mass is 19.1. The van der Waals surface area contributed by atoms with Crippen molar-refractivity contribution in [1.29, 1.82) is 0 Å². The monoisotopic (exact) mass is 421 g/mol. The van der Waals surface area contributed by atoms with Gasteiger partial charge in [0, 0.05) is 17.7 Å². The van der Waals surface area contributed by atoms with Gasteiger partial charge in [-0.2, -0.15) is 9.67 Å². The Labute approximate surface area is 176 Å². The maximum atomic E-state index is 13.1. The number of likely N-dealkylation sites (tertiary alicyclic amines) is 1. The van der Waals surface area contributed by atoms with Crippen LogP contribution in [0.25, 0.3) is 22.8 Å². The van der Waals surface area contributed by atoms with Crippen molar-refractivity contribution in [3.05, 3.63) is 76.9 Å². The average Bonchev–Trinajstić information content (AvgIpc) is 3.43. The van der Waals surface area contributed by atoms with Crippen LogP contribution in [0.3, 0.4) is 0 Å². The molecule has 2 aromatic carbocycles. The molecule has 0 bridgehead atoms. The number of nitrogens with zero attached hydrogens (tertiary/aromatic N) is 5. The van der Waals surface area contributed by atoms with Gasteiger partial charge in [-0.1, -0.05) is 23.4 Å². The van der Waals surface area contributed by atoms with E-state index in [0.29, 0.717) is 36.4 Å². The molecule has 0 aliphatic carbocycles. The maximum absolute atomic E-state index is 13.1. The summed E-state index contributed by atoms with van der Waals surface area (Å²) in [5.41, 5.74) is 1.46. The Morgan fingerprint density at radius 1 is 1.06 bits per heavy atom. The second-order valence-electron chi connectivity index (χ2n) is 7.56. The molecule has 31 heavy (non-hydrogen) atoms. The fourth-order valence-corrected chi connectivity index (χ4v) is 3.79. The lowest BCUT2D eigenvalue weighted by Gasteiger charge is -2.30. The summed E-state index contributed by atoms with van der Waals surface area (Å²) in [5, 5.41) is 8.38. The van der Waals surface area contributed by atoms with E-state index in [2.05, 4.69) is 20.1 Å². The lowest BCUT2D eigenvalue weighted by atomic mass is 9.98. The molecule has 1 fully saturated rings. The van der Waals surface area contributed by atoms with E-state index in [-0.39, 0.29) is 11.7 Å². The van der Waals surface area contributed by atoms with Crippen LogP contribution < -0.4 is 5.76 Å². The van der Waals surface area contributed by atoms with Gasteiger partial charge in [-0.3, -0.25) is 4.90 Å². The lowest BCUT2D eigenvalue weighted by Crippen LogP contribution is -2.38. The maximum Gasteiger partial charge on any atom is 0.438 e. The molecule has 5 rings (SSSR count). The smallest absolute Gasteiger partial charge is 0.388 e. The van der Waals surface area contributed by atoms with Gasteiger partial charge in [0.05, 0.1) is 5.92 Å². The number of halogens is 1. The summed E-state index contributed by atoms with van der Waals surface area (Å²) in [7, 11) is 0. The minimum absolute atomic E-state index is 0.0478. The van der Waals surface area contributed by atoms with Gasteiger partial charge in [0.2, 0.25) is 17.6 Å². The highest BCUT2D eigenvalue weighted by Gasteiger charge is 2.27. The molecule has 0 radical (unpaired) electrons. The number of benzene rings is 2. The van der Waals surface area contributed by atoms with Gasteiger partial charge < -0.3 is 8.94 Å². The van der Waals surface area contributed by atoms with Gasteiger partial charge in [0.15, 0.2) is 0 Å². The van der Waals surface area contributed by atoms with Gasteiger partial charge in [-0.25, -0.2) is 9.18 Å². The molecule has 0 spiro atoms. The van der Waals surface area contributed by atoms with Crippen LogP contribution in [0.5, 0.6) is 0 Å². The first kappa shape index (κ1) is 19.4. The first-order chi connectivity index (χ1) is 15.2. The lowest BCUT2D eigenvalue weighted by molar-refractivity contribution is 0.140. The van der Waals surface area contributed by atoms with Crippen molar-refractivity contribution >= 4 is 0 Å². The summed E-state index contributed by atoms with van der Waals surface area (Å²) in [6.07, 6.45) is 1.83. The zero-order chi connectivity index (χ0) is 21.2. The summed E-state index contributed by atoms with van der Waals surface area (Å²) < 4.78 is 25.3. The Bertz CT molecular complexity index is 1220. The summed E-state index contributed by atoms with van der Waals surface area (Å²) in [5.74, 6) is 0.534. The third-order valence-electron chi connectivity index (χ3n) is 5.36. The number of piperidine rings is 1. The fourth-order valence-electron chi connectivity index (χ4n) is 3.79. The molecule has 0 amide bonds. The summed E-state index contributed by atoms with van der Waals surface area (Å²) in [6, 6.07) is 15.3.